The maximum atomic E-state index is 14.4. The van der Waals surface area contributed by atoms with Crippen LogP contribution in [0.25, 0.3) is 5.76 Å². The van der Waals surface area contributed by atoms with Gasteiger partial charge in [-0.25, -0.2) is 0 Å². The van der Waals surface area contributed by atoms with Crippen LogP contribution in [0, 0.1) is 6.92 Å². The van der Waals surface area contributed by atoms with E-state index in [1.807, 2.05) is 26.0 Å². The average Bonchev–Trinajstić information content (AvgIpc) is 3.29. The van der Waals surface area contributed by atoms with Gasteiger partial charge in [0.2, 0.25) is 0 Å². The van der Waals surface area contributed by atoms with E-state index < -0.39 is 28.9 Å². The van der Waals surface area contributed by atoms with Crippen LogP contribution in [-0.2, 0) is 24.7 Å². The number of amides is 2. The second-order valence-electron chi connectivity index (χ2n) is 9.47. The van der Waals surface area contributed by atoms with Crippen LogP contribution < -0.4 is 9.64 Å². The number of methoxy groups -OCH3 is 1. The Hall–Kier alpha value is -3.91. The number of benzene rings is 2. The molecule has 0 aliphatic carbocycles. The average molecular weight is 519 g/mol. The van der Waals surface area contributed by atoms with Gasteiger partial charge in [0, 0.05) is 37.9 Å². The molecule has 0 aromatic heterocycles. The van der Waals surface area contributed by atoms with Gasteiger partial charge in [-0.1, -0.05) is 44.2 Å². The molecule has 2 aliphatic heterocycles. The molecule has 2 amide bonds. The number of anilines is 1. The highest BCUT2D eigenvalue weighted by Gasteiger charge is 2.66. The highest BCUT2D eigenvalue weighted by molar-refractivity contribution is 6.50. The lowest BCUT2D eigenvalue weighted by molar-refractivity contribution is -0.143. The van der Waals surface area contributed by atoms with Crippen molar-refractivity contribution >= 4 is 29.0 Å². The Kier molecular flexibility index (Phi) is 8.02. The molecule has 8 heteroatoms. The van der Waals surface area contributed by atoms with E-state index >= 15 is 0 Å². The van der Waals surface area contributed by atoms with Gasteiger partial charge in [-0.15, -0.1) is 0 Å². The van der Waals surface area contributed by atoms with Gasteiger partial charge in [-0.05, 0) is 49.6 Å². The van der Waals surface area contributed by atoms with Crippen LogP contribution in [0.4, 0.5) is 5.69 Å². The van der Waals surface area contributed by atoms with Crippen molar-refractivity contribution in [2.75, 3.05) is 38.3 Å². The molecule has 2 heterocycles. The zero-order chi connectivity index (χ0) is 27.4. The SMILES string of the molecule is C=CCOc1ccc(/C(O)=C2\C(=O)C(=O)N(CCCOC)C23C(=O)N(CCCC)c2ccccc23)cc1C. The molecule has 200 valence electrons. The van der Waals surface area contributed by atoms with Crippen LogP contribution in [0.2, 0.25) is 0 Å². The Balaban J connectivity index is 1.95. The zero-order valence-corrected chi connectivity index (χ0v) is 22.2. The fourth-order valence-corrected chi connectivity index (χ4v) is 5.32. The first-order valence-electron chi connectivity index (χ1n) is 12.9. The van der Waals surface area contributed by atoms with Gasteiger partial charge in [0.05, 0.1) is 11.3 Å². The molecule has 38 heavy (non-hydrogen) atoms. The van der Waals surface area contributed by atoms with E-state index in [9.17, 15) is 19.5 Å². The number of ether oxygens (including phenoxy) is 2. The van der Waals surface area contributed by atoms with Crippen molar-refractivity contribution in [2.24, 2.45) is 0 Å². The van der Waals surface area contributed by atoms with Gasteiger partial charge < -0.3 is 24.4 Å². The Labute approximate surface area is 223 Å². The number of fused-ring (bicyclic) bond motifs is 2. The maximum absolute atomic E-state index is 14.4. The minimum atomic E-state index is -1.76. The van der Waals surface area contributed by atoms with Crippen molar-refractivity contribution in [3.8, 4) is 5.75 Å². The zero-order valence-electron chi connectivity index (χ0n) is 22.2. The van der Waals surface area contributed by atoms with Gasteiger partial charge in [0.1, 0.15) is 18.1 Å². The molecule has 1 spiro atoms. The topological polar surface area (TPSA) is 96.4 Å². The normalized spacial score (nSPS) is 19.9. The number of likely N-dealkylation sites (tertiary alicyclic amines) is 1. The summed E-state index contributed by atoms with van der Waals surface area (Å²) in [5.74, 6) is -1.90. The van der Waals surface area contributed by atoms with E-state index in [0.717, 1.165) is 18.4 Å². The molecule has 1 unspecified atom stereocenters. The number of carbonyl (C=O) groups excluding carboxylic acids is 3. The number of para-hydroxylation sites is 1. The van der Waals surface area contributed by atoms with Gasteiger partial charge >= 0.3 is 0 Å². The monoisotopic (exact) mass is 518 g/mol. The van der Waals surface area contributed by atoms with Crippen molar-refractivity contribution < 1.29 is 29.0 Å². The quantitative estimate of drug-likeness (QED) is 0.157. The van der Waals surface area contributed by atoms with Gasteiger partial charge in [-0.2, -0.15) is 0 Å². The Bertz CT molecular complexity index is 1300. The number of aryl methyl sites for hydroxylation is 1. The van der Waals surface area contributed by atoms with E-state index in [1.165, 1.54) is 4.90 Å². The molecular formula is C30H34N2O6. The van der Waals surface area contributed by atoms with Crippen LogP contribution in [0.5, 0.6) is 5.75 Å². The van der Waals surface area contributed by atoms with E-state index in [0.29, 0.717) is 48.7 Å². The molecule has 1 fully saturated rings. The summed E-state index contributed by atoms with van der Waals surface area (Å²) in [5, 5.41) is 11.6. The van der Waals surface area contributed by atoms with Crippen molar-refractivity contribution in [3.63, 3.8) is 0 Å². The highest BCUT2D eigenvalue weighted by atomic mass is 16.5. The minimum absolute atomic E-state index is 0.115. The summed E-state index contributed by atoms with van der Waals surface area (Å²) < 4.78 is 10.8. The summed E-state index contributed by atoms with van der Waals surface area (Å²) in [4.78, 5) is 44.5. The van der Waals surface area contributed by atoms with Crippen molar-refractivity contribution in [3.05, 3.63) is 77.4 Å². The second-order valence-corrected chi connectivity index (χ2v) is 9.47. The molecule has 2 aromatic rings. The third kappa shape index (κ3) is 4.28. The fraction of sp³-hybridized carbons (Fsp3) is 0.367. The molecule has 0 bridgehead atoms. The lowest BCUT2D eigenvalue weighted by Crippen LogP contribution is -2.52. The standard InChI is InChI=1S/C30H34N2O6/c1-5-7-15-31-23-12-9-8-11-22(23)30(29(31)36)25(27(34)28(35)32(30)16-10-18-37-4)26(33)21-13-14-24(20(3)19-21)38-17-6-2/h6,8-9,11-14,19,33H,2,5,7,10,15-18H2,1,3-4H3/b26-25-. The molecule has 1 N–H and O–H groups in total. The number of carbonyl (C=O) groups is 3. The Morgan fingerprint density at radius 3 is 2.55 bits per heavy atom. The number of aliphatic hydroxyl groups is 1. The van der Waals surface area contributed by atoms with E-state index in [2.05, 4.69) is 6.58 Å². The first-order valence-corrected chi connectivity index (χ1v) is 12.9. The smallest absolute Gasteiger partial charge is 0.296 e. The number of hydrogen-bond donors (Lipinski definition) is 1. The maximum Gasteiger partial charge on any atom is 0.296 e. The first-order chi connectivity index (χ1) is 18.3. The van der Waals surface area contributed by atoms with Gasteiger partial charge in [0.25, 0.3) is 17.6 Å². The van der Waals surface area contributed by atoms with Crippen LogP contribution >= 0.6 is 0 Å². The van der Waals surface area contributed by atoms with Gasteiger partial charge in [-0.3, -0.25) is 14.4 Å². The largest absolute Gasteiger partial charge is 0.507 e. The van der Waals surface area contributed by atoms with Crippen molar-refractivity contribution in [1.82, 2.24) is 4.90 Å². The van der Waals surface area contributed by atoms with E-state index in [4.69, 9.17) is 9.47 Å². The lowest BCUT2D eigenvalue weighted by atomic mass is 9.81. The first kappa shape index (κ1) is 27.1. The fourth-order valence-electron chi connectivity index (χ4n) is 5.32. The van der Waals surface area contributed by atoms with Crippen LogP contribution in [0.3, 0.4) is 0 Å². The van der Waals surface area contributed by atoms with E-state index in [1.54, 1.807) is 48.4 Å². The molecule has 4 rings (SSSR count). The predicted molar refractivity (Wildman–Crippen MR) is 145 cm³/mol. The number of ketones is 1. The highest BCUT2D eigenvalue weighted by Crippen LogP contribution is 2.53. The third-order valence-corrected chi connectivity index (χ3v) is 7.08. The predicted octanol–water partition coefficient (Wildman–Crippen LogP) is 4.32. The number of unbranched alkanes of at least 4 members (excludes halogenated alkanes) is 1. The second kappa shape index (κ2) is 11.2. The molecule has 1 saturated heterocycles. The van der Waals surface area contributed by atoms with Crippen LogP contribution in [0.15, 0.2) is 60.7 Å². The van der Waals surface area contributed by atoms with E-state index in [-0.39, 0.29) is 12.1 Å². The summed E-state index contributed by atoms with van der Waals surface area (Å²) in [5.41, 5.74) is 0.224. The summed E-state index contributed by atoms with van der Waals surface area (Å²) in [6.07, 6.45) is 3.66. The van der Waals surface area contributed by atoms with Crippen molar-refractivity contribution in [1.29, 1.82) is 0 Å². The summed E-state index contributed by atoms with van der Waals surface area (Å²) in [6.45, 7) is 8.72. The van der Waals surface area contributed by atoms with Crippen LogP contribution in [-0.4, -0.2) is 61.0 Å². The minimum Gasteiger partial charge on any atom is -0.507 e. The lowest BCUT2D eigenvalue weighted by Gasteiger charge is -2.34. The molecule has 2 aromatic carbocycles. The number of nitrogens with zero attached hydrogens (tertiary/aromatic N) is 2. The molecule has 0 radical (unpaired) electrons. The summed E-state index contributed by atoms with van der Waals surface area (Å²) >= 11 is 0. The summed E-state index contributed by atoms with van der Waals surface area (Å²) in [6, 6.07) is 12.2. The number of rotatable bonds is 11. The number of Topliss-reactive ketones (excluding diaryl/α,β-unsaturated/α-hetero) is 1. The Morgan fingerprint density at radius 2 is 1.87 bits per heavy atom. The molecule has 2 aliphatic rings. The number of aliphatic hydroxyl groups excluding tert-OH is 1. The number of hydrogen-bond acceptors (Lipinski definition) is 6. The van der Waals surface area contributed by atoms with Gasteiger partial charge in [0.15, 0.2) is 5.54 Å². The third-order valence-electron chi connectivity index (χ3n) is 7.08. The van der Waals surface area contributed by atoms with Crippen LogP contribution in [0.1, 0.15) is 42.9 Å². The Morgan fingerprint density at radius 1 is 1.11 bits per heavy atom. The molecule has 8 nitrogen and oxygen atoms in total. The van der Waals surface area contributed by atoms with Crippen molar-refractivity contribution in [2.45, 2.75) is 38.6 Å². The molecule has 1 atom stereocenters. The molecular weight excluding hydrogens is 484 g/mol. The summed E-state index contributed by atoms with van der Waals surface area (Å²) in [7, 11) is 1.55. The molecule has 0 saturated carbocycles.